The summed E-state index contributed by atoms with van der Waals surface area (Å²) >= 11 is 1.36. The van der Waals surface area contributed by atoms with Crippen LogP contribution in [0.4, 0.5) is 0 Å². The average molecular weight is 357 g/mol. The Labute approximate surface area is 149 Å². The average Bonchev–Trinajstić information content (AvgIpc) is 3.29. The fraction of sp³-hybridized carbons (Fsp3) is 0.294. The number of thiophene rings is 1. The van der Waals surface area contributed by atoms with E-state index in [2.05, 4.69) is 20.8 Å². The quantitative estimate of drug-likeness (QED) is 0.703. The Morgan fingerprint density at radius 1 is 1.28 bits per heavy atom. The van der Waals surface area contributed by atoms with Crippen molar-refractivity contribution >= 4 is 17.2 Å². The molecule has 1 aromatic carbocycles. The first kappa shape index (κ1) is 17.2. The summed E-state index contributed by atoms with van der Waals surface area (Å²) in [5, 5.41) is 15.9. The first-order valence-electron chi connectivity index (χ1n) is 7.92. The van der Waals surface area contributed by atoms with Crippen LogP contribution in [0.25, 0.3) is 5.69 Å². The van der Waals surface area contributed by atoms with Gasteiger partial charge in [0.05, 0.1) is 18.4 Å². The molecule has 7 nitrogen and oxygen atoms in total. The van der Waals surface area contributed by atoms with E-state index in [-0.39, 0.29) is 12.0 Å². The van der Waals surface area contributed by atoms with E-state index in [9.17, 15) is 4.79 Å². The zero-order valence-corrected chi connectivity index (χ0v) is 14.9. The predicted molar refractivity (Wildman–Crippen MR) is 94.6 cm³/mol. The van der Waals surface area contributed by atoms with Crippen LogP contribution in [0.5, 0.6) is 0 Å². The highest BCUT2D eigenvalue weighted by molar-refractivity contribution is 7.12. The van der Waals surface area contributed by atoms with Gasteiger partial charge >= 0.3 is 0 Å². The van der Waals surface area contributed by atoms with Gasteiger partial charge in [-0.05, 0) is 46.8 Å². The Morgan fingerprint density at radius 3 is 2.80 bits per heavy atom. The van der Waals surface area contributed by atoms with Crippen molar-refractivity contribution in [2.45, 2.75) is 33.1 Å². The molecule has 2 aromatic heterocycles. The summed E-state index contributed by atoms with van der Waals surface area (Å²) in [6, 6.07) is 9.76. The van der Waals surface area contributed by atoms with E-state index in [0.29, 0.717) is 23.7 Å². The fourth-order valence-corrected chi connectivity index (χ4v) is 3.10. The van der Waals surface area contributed by atoms with Gasteiger partial charge in [-0.3, -0.25) is 4.79 Å². The Balaban J connectivity index is 1.69. The van der Waals surface area contributed by atoms with Gasteiger partial charge < -0.3 is 10.1 Å². The van der Waals surface area contributed by atoms with Crippen LogP contribution in [0.1, 0.15) is 34.6 Å². The van der Waals surface area contributed by atoms with Gasteiger partial charge in [0.25, 0.3) is 5.91 Å². The van der Waals surface area contributed by atoms with E-state index in [1.54, 1.807) is 0 Å². The zero-order chi connectivity index (χ0) is 17.6. The number of carbonyl (C=O) groups is 1. The van der Waals surface area contributed by atoms with E-state index >= 15 is 0 Å². The second kappa shape index (κ2) is 8.00. The number of carbonyl (C=O) groups excluding carboxylic acids is 1. The molecule has 1 amide bonds. The number of hydrogen-bond donors (Lipinski definition) is 1. The molecule has 0 aliphatic carbocycles. The molecule has 0 unspecified atom stereocenters. The van der Waals surface area contributed by atoms with Crippen molar-refractivity contribution in [1.82, 2.24) is 25.5 Å². The number of nitrogens with one attached hydrogen (secondary N) is 1. The second-order valence-corrected chi connectivity index (χ2v) is 6.62. The summed E-state index contributed by atoms with van der Waals surface area (Å²) < 4.78 is 7.16. The molecular formula is C17H19N5O2S. The molecule has 0 bridgehead atoms. The van der Waals surface area contributed by atoms with E-state index in [1.165, 1.54) is 22.3 Å². The lowest BCUT2D eigenvalue weighted by Crippen LogP contribution is -2.24. The minimum Gasteiger partial charge on any atom is -0.374 e. The van der Waals surface area contributed by atoms with Crippen molar-refractivity contribution in [1.29, 1.82) is 0 Å². The van der Waals surface area contributed by atoms with Gasteiger partial charge in [-0.25, -0.2) is 0 Å². The minimum absolute atomic E-state index is 0.153. The fourth-order valence-electron chi connectivity index (χ4n) is 2.31. The summed E-state index contributed by atoms with van der Waals surface area (Å²) in [6.07, 6.45) is 1.63. The number of tetrazole rings is 1. The Morgan fingerprint density at radius 2 is 2.08 bits per heavy atom. The molecule has 3 rings (SSSR count). The largest absolute Gasteiger partial charge is 0.374 e. The van der Waals surface area contributed by atoms with E-state index < -0.39 is 0 Å². The van der Waals surface area contributed by atoms with Gasteiger partial charge in [0.1, 0.15) is 11.2 Å². The topological polar surface area (TPSA) is 81.9 Å². The molecule has 0 fully saturated rings. The maximum atomic E-state index is 12.6. The van der Waals surface area contributed by atoms with E-state index in [0.717, 1.165) is 11.1 Å². The molecule has 0 atom stereocenters. The Bertz CT molecular complexity index is 829. The third-order valence-corrected chi connectivity index (χ3v) is 4.48. The second-order valence-electron chi connectivity index (χ2n) is 5.70. The van der Waals surface area contributed by atoms with Gasteiger partial charge in [-0.1, -0.05) is 24.3 Å². The maximum Gasteiger partial charge on any atom is 0.263 e. The van der Waals surface area contributed by atoms with Crippen LogP contribution in [0.2, 0.25) is 0 Å². The number of ether oxygens (including phenoxy) is 1. The molecule has 3 aromatic rings. The van der Waals surface area contributed by atoms with Crippen LogP contribution >= 0.6 is 11.3 Å². The van der Waals surface area contributed by atoms with Crippen molar-refractivity contribution in [2.24, 2.45) is 0 Å². The van der Waals surface area contributed by atoms with Crippen molar-refractivity contribution in [3.8, 4) is 5.69 Å². The van der Waals surface area contributed by atoms with Crippen LogP contribution in [0, 0.1) is 0 Å². The molecule has 130 valence electrons. The summed E-state index contributed by atoms with van der Waals surface area (Å²) in [7, 11) is 0. The highest BCUT2D eigenvalue weighted by atomic mass is 32.1. The molecular weight excluding hydrogens is 338 g/mol. The van der Waals surface area contributed by atoms with Crippen LogP contribution in [-0.2, 0) is 17.9 Å². The third-order valence-electron chi connectivity index (χ3n) is 3.58. The van der Waals surface area contributed by atoms with Gasteiger partial charge in [0.15, 0.2) is 0 Å². The number of nitrogens with zero attached hydrogens (tertiary/aromatic N) is 4. The SMILES string of the molecule is CC(C)OCc1ccccc1CNC(=O)c1sccc1-n1cnnn1. The molecule has 25 heavy (non-hydrogen) atoms. The van der Waals surface area contributed by atoms with E-state index in [4.69, 9.17) is 4.74 Å². The molecule has 0 spiro atoms. The van der Waals surface area contributed by atoms with Crippen molar-refractivity contribution in [3.63, 3.8) is 0 Å². The lowest BCUT2D eigenvalue weighted by atomic mass is 10.1. The maximum absolute atomic E-state index is 12.6. The van der Waals surface area contributed by atoms with Crippen LogP contribution in [0.3, 0.4) is 0 Å². The Hall–Kier alpha value is -2.58. The summed E-state index contributed by atoms with van der Waals surface area (Å²) in [5.41, 5.74) is 2.78. The molecule has 0 aliphatic rings. The molecule has 0 saturated carbocycles. The van der Waals surface area contributed by atoms with Gasteiger partial charge in [-0.15, -0.1) is 16.4 Å². The zero-order valence-electron chi connectivity index (χ0n) is 14.0. The summed E-state index contributed by atoms with van der Waals surface area (Å²) in [5.74, 6) is -0.153. The number of benzene rings is 1. The lowest BCUT2D eigenvalue weighted by Gasteiger charge is -2.13. The molecule has 8 heteroatoms. The smallest absolute Gasteiger partial charge is 0.263 e. The van der Waals surface area contributed by atoms with Gasteiger partial charge in [0, 0.05) is 6.54 Å². The van der Waals surface area contributed by atoms with Gasteiger partial charge in [0.2, 0.25) is 0 Å². The minimum atomic E-state index is -0.153. The van der Waals surface area contributed by atoms with Crippen LogP contribution in [-0.4, -0.2) is 32.2 Å². The molecule has 0 radical (unpaired) electrons. The number of aromatic nitrogens is 4. The molecule has 1 N–H and O–H groups in total. The first-order valence-corrected chi connectivity index (χ1v) is 8.80. The molecule has 0 saturated heterocycles. The number of hydrogen-bond acceptors (Lipinski definition) is 6. The standard InChI is InChI=1S/C17H19N5O2S/c1-12(2)24-10-14-6-4-3-5-13(14)9-18-17(23)16-15(7-8-25-16)22-11-19-20-21-22/h3-8,11-12H,9-10H2,1-2H3,(H,18,23). The van der Waals surface area contributed by atoms with Crippen LogP contribution in [0.15, 0.2) is 42.0 Å². The Kier molecular flexibility index (Phi) is 5.52. The normalized spacial score (nSPS) is 11.0. The van der Waals surface area contributed by atoms with Crippen LogP contribution < -0.4 is 5.32 Å². The highest BCUT2D eigenvalue weighted by Crippen LogP contribution is 2.20. The lowest BCUT2D eigenvalue weighted by molar-refractivity contribution is 0.0651. The molecule has 2 heterocycles. The van der Waals surface area contributed by atoms with Gasteiger partial charge in [-0.2, -0.15) is 4.68 Å². The summed E-state index contributed by atoms with van der Waals surface area (Å²) in [6.45, 7) is 4.96. The number of amides is 1. The predicted octanol–water partition coefficient (Wildman–Crippen LogP) is 2.58. The summed E-state index contributed by atoms with van der Waals surface area (Å²) in [4.78, 5) is 13.1. The first-order chi connectivity index (χ1) is 12.1. The van der Waals surface area contributed by atoms with E-state index in [1.807, 2.05) is 49.6 Å². The van der Waals surface area contributed by atoms with Crippen molar-refractivity contribution in [2.75, 3.05) is 0 Å². The molecule has 0 aliphatic heterocycles. The van der Waals surface area contributed by atoms with Crippen molar-refractivity contribution < 1.29 is 9.53 Å². The van der Waals surface area contributed by atoms with Crippen molar-refractivity contribution in [3.05, 3.63) is 58.0 Å². The third kappa shape index (κ3) is 4.28. The monoisotopic (exact) mass is 357 g/mol. The highest BCUT2D eigenvalue weighted by Gasteiger charge is 2.16. The number of rotatable bonds is 7.